The van der Waals surface area contributed by atoms with E-state index in [2.05, 4.69) is 15.2 Å². The van der Waals surface area contributed by atoms with Crippen LogP contribution in [0, 0.1) is 11.3 Å². The molecule has 0 bridgehead atoms. The van der Waals surface area contributed by atoms with Crippen molar-refractivity contribution >= 4 is 11.8 Å². The number of nitrogens with zero attached hydrogens (tertiary/aromatic N) is 5. The first-order valence-electron chi connectivity index (χ1n) is 6.27. The van der Waals surface area contributed by atoms with Crippen LogP contribution in [-0.2, 0) is 7.05 Å². The first-order valence-corrected chi connectivity index (χ1v) is 7.08. The quantitative estimate of drug-likeness (QED) is 0.742. The van der Waals surface area contributed by atoms with Crippen LogP contribution in [0.15, 0.2) is 58.8 Å². The maximum Gasteiger partial charge on any atom is 0.174 e. The molecule has 0 N–H and O–H groups in total. The molecule has 0 radical (unpaired) electrons. The van der Waals surface area contributed by atoms with Crippen LogP contribution < -0.4 is 0 Å². The number of benzene rings is 1. The van der Waals surface area contributed by atoms with Crippen molar-refractivity contribution in [1.82, 2.24) is 19.7 Å². The second kappa shape index (κ2) is 5.77. The molecule has 3 aromatic rings. The standard InChI is InChI=1S/C15H11N5S/c1-20-13(11-5-3-2-4-6-11)10-17-15(20)21-14-8-7-12(9-16)18-19-14/h2-8,10H,1H3. The molecule has 0 aliphatic carbocycles. The molecule has 5 nitrogen and oxygen atoms in total. The van der Waals surface area contributed by atoms with Gasteiger partial charge in [-0.25, -0.2) is 4.98 Å². The SMILES string of the molecule is Cn1c(-c2ccccc2)cnc1Sc1ccc(C#N)nn1. The molecule has 0 atom stereocenters. The van der Waals surface area contributed by atoms with Gasteiger partial charge in [0.15, 0.2) is 10.9 Å². The lowest BCUT2D eigenvalue weighted by molar-refractivity contribution is 0.792. The van der Waals surface area contributed by atoms with Crippen molar-refractivity contribution in [3.05, 3.63) is 54.4 Å². The Hall–Kier alpha value is -2.65. The predicted octanol–water partition coefficient (Wildman–Crippen LogP) is 2.90. The fourth-order valence-electron chi connectivity index (χ4n) is 1.89. The molecule has 0 saturated heterocycles. The zero-order valence-electron chi connectivity index (χ0n) is 11.3. The molecule has 0 fully saturated rings. The van der Waals surface area contributed by atoms with Crippen molar-refractivity contribution < 1.29 is 0 Å². The van der Waals surface area contributed by atoms with Crippen LogP contribution in [0.25, 0.3) is 11.3 Å². The van der Waals surface area contributed by atoms with E-state index in [9.17, 15) is 0 Å². The molecule has 0 saturated carbocycles. The van der Waals surface area contributed by atoms with Crippen molar-refractivity contribution in [2.75, 3.05) is 0 Å². The number of nitriles is 1. The van der Waals surface area contributed by atoms with Crippen LogP contribution >= 0.6 is 11.8 Å². The molecule has 0 amide bonds. The summed E-state index contributed by atoms with van der Waals surface area (Å²) in [4.78, 5) is 4.42. The molecule has 3 rings (SSSR count). The molecule has 0 aliphatic rings. The number of imidazole rings is 1. The predicted molar refractivity (Wildman–Crippen MR) is 79.5 cm³/mol. The van der Waals surface area contributed by atoms with E-state index in [1.54, 1.807) is 12.1 Å². The van der Waals surface area contributed by atoms with E-state index >= 15 is 0 Å². The summed E-state index contributed by atoms with van der Waals surface area (Å²) >= 11 is 1.42. The van der Waals surface area contributed by atoms with E-state index in [0.29, 0.717) is 10.7 Å². The first kappa shape index (κ1) is 13.3. The van der Waals surface area contributed by atoms with Crippen LogP contribution in [0.3, 0.4) is 0 Å². The zero-order valence-corrected chi connectivity index (χ0v) is 12.1. The summed E-state index contributed by atoms with van der Waals surface area (Å²) in [5.74, 6) is 0. The monoisotopic (exact) mass is 293 g/mol. The van der Waals surface area contributed by atoms with Crippen LogP contribution in [0.1, 0.15) is 5.69 Å². The van der Waals surface area contributed by atoms with Gasteiger partial charge in [0, 0.05) is 7.05 Å². The second-order valence-electron chi connectivity index (χ2n) is 4.32. The van der Waals surface area contributed by atoms with E-state index < -0.39 is 0 Å². The maximum absolute atomic E-state index is 8.72. The Labute approximate surface area is 126 Å². The summed E-state index contributed by atoms with van der Waals surface area (Å²) in [6.45, 7) is 0. The van der Waals surface area contributed by atoms with Gasteiger partial charge in [0.1, 0.15) is 11.1 Å². The van der Waals surface area contributed by atoms with Crippen LogP contribution in [0.4, 0.5) is 0 Å². The molecule has 0 spiro atoms. The molecule has 2 heterocycles. The molecule has 2 aromatic heterocycles. The van der Waals surface area contributed by atoms with Crippen LogP contribution in [0.5, 0.6) is 0 Å². The third kappa shape index (κ3) is 2.78. The van der Waals surface area contributed by atoms with Gasteiger partial charge in [-0.05, 0) is 29.5 Å². The summed E-state index contributed by atoms with van der Waals surface area (Å²) in [5, 5.41) is 18.1. The van der Waals surface area contributed by atoms with E-state index in [1.807, 2.05) is 54.2 Å². The van der Waals surface area contributed by atoms with Crippen molar-refractivity contribution in [3.63, 3.8) is 0 Å². The largest absolute Gasteiger partial charge is 0.322 e. The summed E-state index contributed by atoms with van der Waals surface area (Å²) in [5.41, 5.74) is 2.47. The average molecular weight is 293 g/mol. The highest BCUT2D eigenvalue weighted by Crippen LogP contribution is 2.28. The first-order chi connectivity index (χ1) is 10.3. The minimum Gasteiger partial charge on any atom is -0.322 e. The van der Waals surface area contributed by atoms with E-state index in [0.717, 1.165) is 16.4 Å². The zero-order chi connectivity index (χ0) is 14.7. The maximum atomic E-state index is 8.72. The number of aromatic nitrogens is 4. The minimum atomic E-state index is 0.309. The van der Waals surface area contributed by atoms with Crippen molar-refractivity contribution in [1.29, 1.82) is 5.26 Å². The van der Waals surface area contributed by atoms with Gasteiger partial charge in [0.2, 0.25) is 0 Å². The smallest absolute Gasteiger partial charge is 0.174 e. The Balaban J connectivity index is 1.87. The van der Waals surface area contributed by atoms with Crippen molar-refractivity contribution in [2.45, 2.75) is 10.2 Å². The van der Waals surface area contributed by atoms with Gasteiger partial charge in [0.05, 0.1) is 11.9 Å². The van der Waals surface area contributed by atoms with E-state index in [4.69, 9.17) is 5.26 Å². The number of rotatable bonds is 3. The molecule has 1 aromatic carbocycles. The lowest BCUT2D eigenvalue weighted by Crippen LogP contribution is -1.95. The highest BCUT2D eigenvalue weighted by molar-refractivity contribution is 7.99. The summed E-state index contributed by atoms with van der Waals surface area (Å²) in [6, 6.07) is 15.5. The molecular formula is C15H11N5S. The summed E-state index contributed by atoms with van der Waals surface area (Å²) in [7, 11) is 1.97. The van der Waals surface area contributed by atoms with E-state index in [1.165, 1.54) is 11.8 Å². The van der Waals surface area contributed by atoms with Crippen LogP contribution in [-0.4, -0.2) is 19.7 Å². The topological polar surface area (TPSA) is 67.4 Å². The highest BCUT2D eigenvalue weighted by atomic mass is 32.2. The van der Waals surface area contributed by atoms with Crippen molar-refractivity contribution in [3.8, 4) is 17.3 Å². The van der Waals surface area contributed by atoms with Gasteiger partial charge >= 0.3 is 0 Å². The molecule has 6 heteroatoms. The summed E-state index contributed by atoms with van der Waals surface area (Å²) < 4.78 is 2.01. The Morgan fingerprint density at radius 1 is 1.10 bits per heavy atom. The van der Waals surface area contributed by atoms with Gasteiger partial charge in [-0.3, -0.25) is 0 Å². The fourth-order valence-corrected chi connectivity index (χ4v) is 2.64. The third-order valence-corrected chi connectivity index (χ3v) is 3.95. The van der Waals surface area contributed by atoms with Gasteiger partial charge in [-0.1, -0.05) is 30.3 Å². The average Bonchev–Trinajstić information content (AvgIpc) is 2.90. The highest BCUT2D eigenvalue weighted by Gasteiger charge is 2.10. The Bertz CT molecular complexity index is 787. The second-order valence-corrected chi connectivity index (χ2v) is 5.31. The normalized spacial score (nSPS) is 10.3. The lowest BCUT2D eigenvalue weighted by atomic mass is 10.2. The molecule has 102 valence electrons. The molecular weight excluding hydrogens is 282 g/mol. The van der Waals surface area contributed by atoms with Gasteiger partial charge in [-0.15, -0.1) is 10.2 Å². The lowest BCUT2D eigenvalue weighted by Gasteiger charge is -2.05. The fraction of sp³-hybridized carbons (Fsp3) is 0.0667. The van der Waals surface area contributed by atoms with Crippen LogP contribution in [0.2, 0.25) is 0 Å². The molecule has 21 heavy (non-hydrogen) atoms. The summed E-state index contributed by atoms with van der Waals surface area (Å²) in [6.07, 6.45) is 1.84. The molecule has 0 unspecified atom stereocenters. The number of hydrogen-bond acceptors (Lipinski definition) is 5. The Kier molecular flexibility index (Phi) is 3.67. The minimum absolute atomic E-state index is 0.309. The van der Waals surface area contributed by atoms with Gasteiger partial charge in [-0.2, -0.15) is 5.26 Å². The van der Waals surface area contributed by atoms with Gasteiger partial charge in [0.25, 0.3) is 0 Å². The number of hydrogen-bond donors (Lipinski definition) is 0. The third-order valence-electron chi connectivity index (χ3n) is 2.97. The molecule has 0 aliphatic heterocycles. The van der Waals surface area contributed by atoms with E-state index in [-0.39, 0.29) is 0 Å². The van der Waals surface area contributed by atoms with Gasteiger partial charge < -0.3 is 4.57 Å². The van der Waals surface area contributed by atoms with Crippen molar-refractivity contribution in [2.24, 2.45) is 7.05 Å². The Morgan fingerprint density at radius 2 is 1.90 bits per heavy atom. The Morgan fingerprint density at radius 3 is 2.57 bits per heavy atom.